The van der Waals surface area contributed by atoms with E-state index in [9.17, 15) is 4.79 Å². The predicted molar refractivity (Wildman–Crippen MR) is 69.0 cm³/mol. The molecule has 1 aromatic heterocycles. The summed E-state index contributed by atoms with van der Waals surface area (Å²) < 4.78 is 1.96. The van der Waals surface area contributed by atoms with Crippen molar-refractivity contribution in [3.05, 3.63) is 30.6 Å². The zero-order valence-corrected chi connectivity index (χ0v) is 10.3. The molecule has 1 amide bonds. The van der Waals surface area contributed by atoms with Crippen LogP contribution in [0.25, 0.3) is 11.0 Å². The number of aliphatic hydroxyl groups excluding tert-OH is 1. The molecule has 0 aliphatic carbocycles. The molecule has 96 valence electrons. The lowest BCUT2D eigenvalue weighted by molar-refractivity contribution is -0.122. The highest BCUT2D eigenvalue weighted by Gasteiger charge is 2.07. The number of para-hydroxylation sites is 2. The number of amides is 1. The summed E-state index contributed by atoms with van der Waals surface area (Å²) in [6.07, 6.45) is 2.12. The largest absolute Gasteiger partial charge is 0.394 e. The van der Waals surface area contributed by atoms with Crippen molar-refractivity contribution in [1.82, 2.24) is 14.9 Å². The number of carbonyl (C=O) groups is 1. The van der Waals surface area contributed by atoms with Gasteiger partial charge >= 0.3 is 0 Å². The maximum atomic E-state index is 11.6. The van der Waals surface area contributed by atoms with Gasteiger partial charge in [-0.1, -0.05) is 12.1 Å². The second-order valence-electron chi connectivity index (χ2n) is 4.33. The summed E-state index contributed by atoms with van der Waals surface area (Å²) in [5, 5.41) is 11.6. The summed E-state index contributed by atoms with van der Waals surface area (Å²) in [5.74, 6) is -0.0608. The van der Waals surface area contributed by atoms with Crippen LogP contribution in [0, 0.1) is 0 Å². The average Bonchev–Trinajstić information content (AvgIpc) is 2.79. The molecule has 2 aromatic rings. The zero-order valence-electron chi connectivity index (χ0n) is 10.3. The van der Waals surface area contributed by atoms with E-state index in [0.29, 0.717) is 13.0 Å². The van der Waals surface area contributed by atoms with Gasteiger partial charge < -0.3 is 15.0 Å². The van der Waals surface area contributed by atoms with Crippen LogP contribution < -0.4 is 5.32 Å². The number of benzene rings is 1. The summed E-state index contributed by atoms with van der Waals surface area (Å²) in [7, 11) is 0. The maximum absolute atomic E-state index is 11.6. The Labute approximate surface area is 105 Å². The van der Waals surface area contributed by atoms with E-state index < -0.39 is 0 Å². The molecule has 0 aliphatic heterocycles. The highest BCUT2D eigenvalue weighted by atomic mass is 16.3. The Morgan fingerprint density at radius 3 is 3.06 bits per heavy atom. The molecule has 0 spiro atoms. The second-order valence-corrected chi connectivity index (χ2v) is 4.33. The van der Waals surface area contributed by atoms with Crippen LogP contribution >= 0.6 is 0 Å². The van der Waals surface area contributed by atoms with Gasteiger partial charge in [0, 0.05) is 19.0 Å². The van der Waals surface area contributed by atoms with E-state index in [1.54, 1.807) is 13.3 Å². The van der Waals surface area contributed by atoms with Crippen LogP contribution in [0.2, 0.25) is 0 Å². The molecular weight excluding hydrogens is 230 g/mol. The van der Waals surface area contributed by atoms with Crippen molar-refractivity contribution in [2.24, 2.45) is 0 Å². The molecule has 1 heterocycles. The van der Waals surface area contributed by atoms with E-state index in [-0.39, 0.29) is 18.6 Å². The van der Waals surface area contributed by atoms with Crippen LogP contribution in [0.15, 0.2) is 30.6 Å². The summed E-state index contributed by atoms with van der Waals surface area (Å²) in [6, 6.07) is 7.62. The third-order valence-corrected chi connectivity index (χ3v) is 2.79. The van der Waals surface area contributed by atoms with Crippen LogP contribution in [0.4, 0.5) is 0 Å². The summed E-state index contributed by atoms with van der Waals surface area (Å²) in [4.78, 5) is 15.9. The normalized spacial score (nSPS) is 12.6. The minimum absolute atomic E-state index is 0.0419. The number of nitrogens with zero attached hydrogens (tertiary/aromatic N) is 2. The number of carbonyl (C=O) groups excluding carboxylic acids is 1. The number of nitrogens with one attached hydrogen (secondary N) is 1. The van der Waals surface area contributed by atoms with Crippen LogP contribution in [-0.4, -0.2) is 33.2 Å². The van der Waals surface area contributed by atoms with E-state index in [2.05, 4.69) is 10.3 Å². The van der Waals surface area contributed by atoms with Gasteiger partial charge in [-0.3, -0.25) is 4.79 Å². The Hall–Kier alpha value is -1.88. The van der Waals surface area contributed by atoms with Gasteiger partial charge in [0.25, 0.3) is 0 Å². The topological polar surface area (TPSA) is 67.2 Å². The number of aliphatic hydroxyl groups is 1. The van der Waals surface area contributed by atoms with Gasteiger partial charge in [-0.15, -0.1) is 0 Å². The van der Waals surface area contributed by atoms with Crippen LogP contribution in [-0.2, 0) is 11.3 Å². The molecule has 1 aromatic carbocycles. The van der Waals surface area contributed by atoms with Crippen LogP contribution in [0.5, 0.6) is 0 Å². The Balaban J connectivity index is 1.96. The minimum atomic E-state index is -0.197. The molecule has 0 fully saturated rings. The molecule has 18 heavy (non-hydrogen) atoms. The van der Waals surface area contributed by atoms with Crippen molar-refractivity contribution in [3.63, 3.8) is 0 Å². The fraction of sp³-hybridized carbons (Fsp3) is 0.385. The predicted octanol–water partition coefficient (Wildman–Crippen LogP) is 0.923. The smallest absolute Gasteiger partial charge is 0.222 e. The van der Waals surface area contributed by atoms with Crippen LogP contribution in [0.3, 0.4) is 0 Å². The van der Waals surface area contributed by atoms with E-state index in [4.69, 9.17) is 5.11 Å². The number of hydrogen-bond acceptors (Lipinski definition) is 3. The third kappa shape index (κ3) is 2.87. The highest BCUT2D eigenvalue weighted by Crippen LogP contribution is 2.11. The monoisotopic (exact) mass is 247 g/mol. The van der Waals surface area contributed by atoms with E-state index in [1.807, 2.05) is 28.8 Å². The summed E-state index contributed by atoms with van der Waals surface area (Å²) >= 11 is 0. The van der Waals surface area contributed by atoms with Crippen molar-refractivity contribution < 1.29 is 9.90 Å². The molecular formula is C13H17N3O2. The first kappa shape index (κ1) is 12.6. The Bertz CT molecular complexity index is 536. The van der Waals surface area contributed by atoms with E-state index in [1.165, 1.54) is 0 Å². The highest BCUT2D eigenvalue weighted by molar-refractivity contribution is 5.77. The molecule has 2 N–H and O–H groups in total. The maximum Gasteiger partial charge on any atom is 0.222 e. The van der Waals surface area contributed by atoms with E-state index >= 15 is 0 Å². The summed E-state index contributed by atoms with van der Waals surface area (Å²) in [5.41, 5.74) is 1.96. The lowest BCUT2D eigenvalue weighted by Crippen LogP contribution is -2.35. The standard InChI is InChI=1S/C13H17N3O2/c1-10(8-17)15-13(18)6-7-16-9-14-11-4-2-3-5-12(11)16/h2-5,9-10,17H,6-8H2,1H3,(H,15,18). The molecule has 5 nitrogen and oxygen atoms in total. The molecule has 0 aliphatic rings. The molecule has 1 atom stereocenters. The number of rotatable bonds is 5. The second kappa shape index (κ2) is 5.64. The fourth-order valence-electron chi connectivity index (χ4n) is 1.80. The van der Waals surface area contributed by atoms with Crippen molar-refractivity contribution >= 4 is 16.9 Å². The lowest BCUT2D eigenvalue weighted by Gasteiger charge is -2.11. The number of imidazole rings is 1. The quantitative estimate of drug-likeness (QED) is 0.825. The number of aryl methyl sites for hydroxylation is 1. The first-order chi connectivity index (χ1) is 8.70. The first-order valence-electron chi connectivity index (χ1n) is 6.01. The number of aromatic nitrogens is 2. The van der Waals surface area contributed by atoms with Gasteiger partial charge in [-0.2, -0.15) is 0 Å². The van der Waals surface area contributed by atoms with E-state index in [0.717, 1.165) is 11.0 Å². The zero-order chi connectivity index (χ0) is 13.0. The molecule has 2 rings (SSSR count). The molecule has 1 unspecified atom stereocenters. The van der Waals surface area contributed by atoms with Crippen molar-refractivity contribution in [2.45, 2.75) is 25.9 Å². The van der Waals surface area contributed by atoms with Crippen LogP contribution in [0.1, 0.15) is 13.3 Å². The molecule has 0 radical (unpaired) electrons. The molecule has 0 saturated heterocycles. The van der Waals surface area contributed by atoms with Gasteiger partial charge in [-0.05, 0) is 19.1 Å². The lowest BCUT2D eigenvalue weighted by atomic mass is 10.3. The van der Waals surface area contributed by atoms with Crippen molar-refractivity contribution in [1.29, 1.82) is 0 Å². The number of hydrogen-bond donors (Lipinski definition) is 2. The minimum Gasteiger partial charge on any atom is -0.394 e. The van der Waals surface area contributed by atoms with Crippen molar-refractivity contribution in [2.75, 3.05) is 6.61 Å². The SMILES string of the molecule is CC(CO)NC(=O)CCn1cnc2ccccc21. The Morgan fingerprint density at radius 1 is 1.50 bits per heavy atom. The average molecular weight is 247 g/mol. The molecule has 0 bridgehead atoms. The van der Waals surface area contributed by atoms with Gasteiger partial charge in [0.1, 0.15) is 0 Å². The van der Waals surface area contributed by atoms with Gasteiger partial charge in [0.05, 0.1) is 24.0 Å². The summed E-state index contributed by atoms with van der Waals surface area (Å²) in [6.45, 7) is 2.31. The Morgan fingerprint density at radius 2 is 2.28 bits per heavy atom. The number of fused-ring (bicyclic) bond motifs is 1. The Kier molecular flexibility index (Phi) is 3.94. The molecule has 5 heteroatoms. The van der Waals surface area contributed by atoms with Gasteiger partial charge in [0.15, 0.2) is 0 Å². The van der Waals surface area contributed by atoms with Gasteiger partial charge in [0.2, 0.25) is 5.91 Å². The van der Waals surface area contributed by atoms with Gasteiger partial charge in [-0.25, -0.2) is 4.98 Å². The molecule has 0 saturated carbocycles. The fourth-order valence-corrected chi connectivity index (χ4v) is 1.80. The third-order valence-electron chi connectivity index (χ3n) is 2.79. The first-order valence-corrected chi connectivity index (χ1v) is 6.01. The van der Waals surface area contributed by atoms with Crippen molar-refractivity contribution in [3.8, 4) is 0 Å².